The lowest BCUT2D eigenvalue weighted by atomic mass is 9.99. The summed E-state index contributed by atoms with van der Waals surface area (Å²) in [5.41, 5.74) is 0. The molecule has 0 aromatic carbocycles. The van der Waals surface area contributed by atoms with Gasteiger partial charge < -0.3 is 45.1 Å². The van der Waals surface area contributed by atoms with Gasteiger partial charge in [-0.25, -0.2) is 0 Å². The molecule has 70 heavy (non-hydrogen) atoms. The summed E-state index contributed by atoms with van der Waals surface area (Å²) in [6.07, 6.45) is 51.7. The molecule has 0 bridgehead atoms. The number of carbonyl (C=O) groups is 2. The Morgan fingerprint density at radius 1 is 0.543 bits per heavy atom. The maximum Gasteiger partial charge on any atom is 0.305 e. The number of carbonyl (C=O) groups excluding carboxylic acids is 2. The van der Waals surface area contributed by atoms with Gasteiger partial charge in [0.2, 0.25) is 5.91 Å². The minimum absolute atomic E-state index is 0.0494. The number of ether oxygens (including phenoxy) is 3. The molecule has 0 aromatic rings. The number of aliphatic hydroxyl groups is 5. The van der Waals surface area contributed by atoms with E-state index in [2.05, 4.69) is 67.8 Å². The molecule has 1 rings (SSSR count). The number of rotatable bonds is 48. The fourth-order valence-electron chi connectivity index (χ4n) is 8.51. The highest BCUT2D eigenvalue weighted by atomic mass is 16.7. The first-order chi connectivity index (χ1) is 34.2. The van der Waals surface area contributed by atoms with E-state index in [0.717, 1.165) is 109 Å². The normalized spacial score (nSPS) is 19.7. The van der Waals surface area contributed by atoms with Crippen molar-refractivity contribution in [2.45, 2.75) is 281 Å². The first-order valence-corrected chi connectivity index (χ1v) is 28.6. The third-order valence-corrected chi connectivity index (χ3v) is 13.1. The van der Waals surface area contributed by atoms with Crippen molar-refractivity contribution in [3.63, 3.8) is 0 Å². The third kappa shape index (κ3) is 38.0. The number of hydrogen-bond acceptors (Lipinski definition) is 10. The summed E-state index contributed by atoms with van der Waals surface area (Å²) in [7, 11) is 0. The zero-order valence-corrected chi connectivity index (χ0v) is 44.5. The Kier molecular flexibility index (Phi) is 45.4. The van der Waals surface area contributed by atoms with Gasteiger partial charge in [-0.2, -0.15) is 0 Å². The number of aliphatic hydroxyl groups excluding tert-OH is 5. The number of esters is 1. The summed E-state index contributed by atoms with van der Waals surface area (Å²) in [5.74, 6) is -0.258. The monoisotopic (exact) mass is 988 g/mol. The average molecular weight is 988 g/mol. The molecule has 7 unspecified atom stereocenters. The molecule has 1 fully saturated rings. The zero-order valence-electron chi connectivity index (χ0n) is 44.5. The Balaban J connectivity index is 2.09. The van der Waals surface area contributed by atoms with Crippen molar-refractivity contribution in [1.29, 1.82) is 0 Å². The van der Waals surface area contributed by atoms with Crippen LogP contribution in [-0.2, 0) is 23.8 Å². The first-order valence-electron chi connectivity index (χ1n) is 28.6. The van der Waals surface area contributed by atoms with E-state index in [9.17, 15) is 35.1 Å². The minimum Gasteiger partial charge on any atom is -0.466 e. The molecule has 0 aromatic heterocycles. The van der Waals surface area contributed by atoms with Crippen LogP contribution in [0.5, 0.6) is 0 Å². The van der Waals surface area contributed by atoms with Crippen molar-refractivity contribution in [2.24, 2.45) is 0 Å². The molecule has 0 saturated carbocycles. The molecule has 11 nitrogen and oxygen atoms in total. The fourth-order valence-corrected chi connectivity index (χ4v) is 8.51. The number of allylic oxidation sites excluding steroid dienone is 9. The lowest BCUT2D eigenvalue weighted by molar-refractivity contribution is -0.302. The van der Waals surface area contributed by atoms with E-state index in [0.29, 0.717) is 19.4 Å². The second-order valence-corrected chi connectivity index (χ2v) is 19.7. The summed E-state index contributed by atoms with van der Waals surface area (Å²) >= 11 is 0. The molecule has 0 spiro atoms. The Morgan fingerprint density at radius 3 is 1.54 bits per heavy atom. The molecule has 1 heterocycles. The third-order valence-electron chi connectivity index (χ3n) is 13.1. The Labute approximate surface area is 427 Å². The van der Waals surface area contributed by atoms with Gasteiger partial charge in [-0.1, -0.05) is 190 Å². The Hall–Kier alpha value is -2.64. The van der Waals surface area contributed by atoms with Crippen LogP contribution in [0.2, 0.25) is 0 Å². The Bertz CT molecular complexity index is 1350. The summed E-state index contributed by atoms with van der Waals surface area (Å²) in [6, 6.07) is -0.827. The van der Waals surface area contributed by atoms with Crippen LogP contribution < -0.4 is 5.32 Å². The van der Waals surface area contributed by atoms with Crippen molar-refractivity contribution in [2.75, 3.05) is 19.8 Å². The van der Waals surface area contributed by atoms with E-state index in [1.54, 1.807) is 6.08 Å². The van der Waals surface area contributed by atoms with E-state index >= 15 is 0 Å². The number of amides is 1. The van der Waals surface area contributed by atoms with E-state index in [1.165, 1.54) is 103 Å². The van der Waals surface area contributed by atoms with Gasteiger partial charge in [-0.05, 0) is 96.3 Å². The topological polar surface area (TPSA) is 175 Å². The summed E-state index contributed by atoms with van der Waals surface area (Å²) in [5, 5.41) is 54.1. The van der Waals surface area contributed by atoms with Gasteiger partial charge in [0.25, 0.3) is 0 Å². The zero-order chi connectivity index (χ0) is 51.0. The summed E-state index contributed by atoms with van der Waals surface area (Å²) in [4.78, 5) is 25.1. The van der Waals surface area contributed by atoms with Crippen LogP contribution >= 0.6 is 0 Å². The van der Waals surface area contributed by atoms with Crippen molar-refractivity contribution in [3.8, 4) is 0 Å². The van der Waals surface area contributed by atoms with Crippen molar-refractivity contribution in [3.05, 3.63) is 60.8 Å². The van der Waals surface area contributed by atoms with Gasteiger partial charge in [0.1, 0.15) is 24.4 Å². The predicted octanol–water partition coefficient (Wildman–Crippen LogP) is 12.7. The highest BCUT2D eigenvalue weighted by molar-refractivity contribution is 5.76. The second-order valence-electron chi connectivity index (χ2n) is 19.7. The smallest absolute Gasteiger partial charge is 0.305 e. The highest BCUT2D eigenvalue weighted by Crippen LogP contribution is 2.23. The number of nitrogens with one attached hydrogen (secondary N) is 1. The van der Waals surface area contributed by atoms with Gasteiger partial charge in [0.15, 0.2) is 6.29 Å². The molecule has 11 heteroatoms. The minimum atomic E-state index is -1.58. The largest absolute Gasteiger partial charge is 0.466 e. The van der Waals surface area contributed by atoms with Crippen LogP contribution in [0.3, 0.4) is 0 Å². The van der Waals surface area contributed by atoms with Crippen molar-refractivity contribution < 1.29 is 49.3 Å². The van der Waals surface area contributed by atoms with Crippen LogP contribution in [-0.4, -0.2) is 100 Å². The first kappa shape index (κ1) is 65.4. The van der Waals surface area contributed by atoms with Crippen LogP contribution in [0.15, 0.2) is 60.8 Å². The van der Waals surface area contributed by atoms with E-state index in [1.807, 2.05) is 6.08 Å². The van der Waals surface area contributed by atoms with Crippen LogP contribution in [0.25, 0.3) is 0 Å². The molecule has 1 aliphatic rings. The van der Waals surface area contributed by atoms with Crippen LogP contribution in [0.4, 0.5) is 0 Å². The fraction of sp³-hybridized carbons (Fsp3) is 0.797. The van der Waals surface area contributed by atoms with Gasteiger partial charge in [-0.3, -0.25) is 9.59 Å². The molecule has 6 N–H and O–H groups in total. The van der Waals surface area contributed by atoms with Gasteiger partial charge in [0, 0.05) is 12.8 Å². The summed E-state index contributed by atoms with van der Waals surface area (Å²) in [6.45, 7) is 4.20. The van der Waals surface area contributed by atoms with Crippen molar-refractivity contribution in [1.82, 2.24) is 5.32 Å². The van der Waals surface area contributed by atoms with Gasteiger partial charge in [0.05, 0.1) is 32.0 Å². The molecule has 406 valence electrons. The van der Waals surface area contributed by atoms with Crippen LogP contribution in [0, 0.1) is 0 Å². The standard InChI is InChI=1S/C59H105NO10/c1-3-5-7-9-11-13-14-15-16-17-18-21-24-27-31-35-39-43-47-55(64)68-48-44-40-36-32-28-25-22-19-20-23-26-30-34-38-42-46-54(63)60-51(52(62)45-41-37-33-29-12-10-8-6-4-2)50-69-59-58(67)57(66)56(65)53(49-61)70-59/h13-14,16-17,19,22,25,28,41,45,51-53,56-59,61-62,65-67H,3-12,15,18,20-21,23-24,26-27,29-40,42-44,46-50H2,1-2H3,(H,60,63)/b14-13-,17-16-,22-19-,28-25-,45-41+. The maximum atomic E-state index is 13.0. The lowest BCUT2D eigenvalue weighted by Gasteiger charge is -2.40. The quantitative estimate of drug-likeness (QED) is 0.0149. The molecular weight excluding hydrogens is 883 g/mol. The number of unbranched alkanes of at least 4 members (excludes halogenated alkanes) is 27. The molecular formula is C59H105NO10. The van der Waals surface area contributed by atoms with Gasteiger partial charge >= 0.3 is 5.97 Å². The number of hydrogen-bond donors (Lipinski definition) is 6. The van der Waals surface area contributed by atoms with E-state index in [4.69, 9.17) is 14.2 Å². The highest BCUT2D eigenvalue weighted by Gasteiger charge is 2.44. The molecule has 0 radical (unpaired) electrons. The van der Waals surface area contributed by atoms with Crippen molar-refractivity contribution >= 4 is 11.9 Å². The Morgan fingerprint density at radius 2 is 1.00 bits per heavy atom. The molecule has 7 atom stereocenters. The predicted molar refractivity (Wildman–Crippen MR) is 287 cm³/mol. The van der Waals surface area contributed by atoms with E-state index < -0.39 is 49.5 Å². The molecule has 1 amide bonds. The second kappa shape index (κ2) is 48.6. The van der Waals surface area contributed by atoms with Gasteiger partial charge in [-0.15, -0.1) is 0 Å². The molecule has 1 aliphatic heterocycles. The van der Waals surface area contributed by atoms with E-state index in [-0.39, 0.29) is 18.5 Å². The lowest BCUT2D eigenvalue weighted by Crippen LogP contribution is -2.60. The average Bonchev–Trinajstić information content (AvgIpc) is 3.36. The van der Waals surface area contributed by atoms with Crippen LogP contribution in [0.1, 0.15) is 239 Å². The summed E-state index contributed by atoms with van der Waals surface area (Å²) < 4.78 is 16.6. The SMILES string of the molecule is CCCCCC/C=C\C/C=C\CCCCCCCCCC(=O)OCCCCC/C=C\C=C/CCCCCCCCC(=O)NC(COC1OC(CO)C(O)C(O)C1O)C(O)/C=C/CCCCCCCCC. The molecule has 1 saturated heterocycles. The molecule has 0 aliphatic carbocycles. The maximum absolute atomic E-state index is 13.0.